The molecule has 1 unspecified atom stereocenters. The summed E-state index contributed by atoms with van der Waals surface area (Å²) in [5.74, 6) is -1.26. The highest BCUT2D eigenvalue weighted by Crippen LogP contribution is 2.34. The smallest absolute Gasteiger partial charge is 0.309 e. The molecule has 2 aromatic carbocycles. The summed E-state index contributed by atoms with van der Waals surface area (Å²) < 4.78 is 52.4. The molecule has 0 saturated heterocycles. The number of benzene rings is 2. The zero-order valence-corrected chi connectivity index (χ0v) is 13.2. The average Bonchev–Trinajstić information content (AvgIpc) is 2.40. The third-order valence-corrected chi connectivity index (χ3v) is 4.12. The van der Waals surface area contributed by atoms with Crippen molar-refractivity contribution in [2.24, 2.45) is 0 Å². The van der Waals surface area contributed by atoms with Crippen molar-refractivity contribution in [3.63, 3.8) is 0 Å². The second-order valence-corrected chi connectivity index (χ2v) is 5.64. The Hall–Kier alpha value is -1.15. The highest BCUT2D eigenvalue weighted by molar-refractivity contribution is 14.1. The molecule has 6 heteroatoms. The molecule has 1 nitrogen and oxygen atoms in total. The molecular weight excluding hydrogens is 397 g/mol. The Morgan fingerprint density at radius 3 is 2.29 bits per heavy atom. The van der Waals surface area contributed by atoms with Gasteiger partial charge in [-0.15, -0.1) is 0 Å². The maximum Gasteiger partial charge on any atom is 0.419 e. The van der Waals surface area contributed by atoms with Gasteiger partial charge in [0.15, 0.2) is 0 Å². The zero-order valence-electron chi connectivity index (χ0n) is 11.0. The van der Waals surface area contributed by atoms with E-state index in [1.807, 2.05) is 24.3 Å². The zero-order chi connectivity index (χ0) is 15.6. The normalized spacial score (nSPS) is 13.2. The fourth-order valence-corrected chi connectivity index (χ4v) is 2.85. The van der Waals surface area contributed by atoms with E-state index in [9.17, 15) is 17.6 Å². The molecule has 112 valence electrons. The van der Waals surface area contributed by atoms with E-state index < -0.39 is 17.6 Å². The fraction of sp³-hybridized carbons (Fsp3) is 0.200. The molecule has 0 aliphatic carbocycles. The lowest BCUT2D eigenvalue weighted by molar-refractivity contribution is -0.140. The van der Waals surface area contributed by atoms with E-state index in [0.717, 1.165) is 21.3 Å². The molecule has 0 heterocycles. The Kier molecular flexibility index (Phi) is 4.88. The number of alkyl halides is 3. The lowest BCUT2D eigenvalue weighted by Gasteiger charge is -2.19. The van der Waals surface area contributed by atoms with Crippen LogP contribution in [0.15, 0.2) is 42.5 Å². The van der Waals surface area contributed by atoms with Crippen molar-refractivity contribution < 1.29 is 17.6 Å². The van der Waals surface area contributed by atoms with Crippen molar-refractivity contribution in [3.8, 4) is 0 Å². The first kappa shape index (κ1) is 16.2. The number of nitrogens with one attached hydrogen (secondary N) is 1. The second kappa shape index (κ2) is 6.31. The van der Waals surface area contributed by atoms with Crippen molar-refractivity contribution >= 4 is 22.6 Å². The Bertz CT molecular complexity index is 640. The summed E-state index contributed by atoms with van der Waals surface area (Å²) in [4.78, 5) is 0. The number of hydrogen-bond donors (Lipinski definition) is 1. The molecule has 0 aliphatic heterocycles. The molecule has 0 amide bonds. The van der Waals surface area contributed by atoms with Crippen LogP contribution in [0.5, 0.6) is 0 Å². The first-order valence-electron chi connectivity index (χ1n) is 6.13. The van der Waals surface area contributed by atoms with E-state index in [1.165, 1.54) is 6.07 Å². The number of halogens is 5. The quantitative estimate of drug-likeness (QED) is 0.570. The standard InChI is InChI=1S/C15H12F4IN/c1-21-14(10-4-2-3-5-13(10)20)9-6-7-11(12(16)8-9)15(17,18)19/h2-8,14,21H,1H3. The fourth-order valence-electron chi connectivity index (χ4n) is 2.15. The lowest BCUT2D eigenvalue weighted by atomic mass is 9.97. The Morgan fingerprint density at radius 2 is 1.76 bits per heavy atom. The van der Waals surface area contributed by atoms with Crippen LogP contribution in [0.4, 0.5) is 17.6 Å². The predicted molar refractivity (Wildman–Crippen MR) is 81.5 cm³/mol. The summed E-state index contributed by atoms with van der Waals surface area (Å²) in [5.41, 5.74) is 0.0933. The summed E-state index contributed by atoms with van der Waals surface area (Å²) in [5, 5.41) is 3.01. The molecule has 0 aromatic heterocycles. The molecule has 0 bridgehead atoms. The number of rotatable bonds is 3. The van der Waals surface area contributed by atoms with Crippen LogP contribution in [0, 0.1) is 9.39 Å². The Morgan fingerprint density at radius 1 is 1.10 bits per heavy atom. The second-order valence-electron chi connectivity index (χ2n) is 4.48. The molecule has 0 spiro atoms. The van der Waals surface area contributed by atoms with Crippen LogP contribution in [0.2, 0.25) is 0 Å². The minimum Gasteiger partial charge on any atom is -0.309 e. The van der Waals surface area contributed by atoms with Crippen molar-refractivity contribution in [2.75, 3.05) is 7.05 Å². The van der Waals surface area contributed by atoms with Gasteiger partial charge in [-0.2, -0.15) is 13.2 Å². The van der Waals surface area contributed by atoms with Crippen LogP contribution in [-0.2, 0) is 6.18 Å². The lowest BCUT2D eigenvalue weighted by Crippen LogP contribution is -2.19. The molecule has 0 radical (unpaired) electrons. The van der Waals surface area contributed by atoms with Crippen molar-refractivity contribution in [1.82, 2.24) is 5.32 Å². The van der Waals surface area contributed by atoms with Gasteiger partial charge in [-0.3, -0.25) is 0 Å². The van der Waals surface area contributed by atoms with Crippen LogP contribution in [0.25, 0.3) is 0 Å². The first-order chi connectivity index (χ1) is 9.84. The highest BCUT2D eigenvalue weighted by Gasteiger charge is 2.34. The Labute approximate surface area is 133 Å². The highest BCUT2D eigenvalue weighted by atomic mass is 127. The topological polar surface area (TPSA) is 12.0 Å². The summed E-state index contributed by atoms with van der Waals surface area (Å²) in [6, 6.07) is 10.1. The summed E-state index contributed by atoms with van der Waals surface area (Å²) in [7, 11) is 1.68. The monoisotopic (exact) mass is 409 g/mol. The maximum atomic E-state index is 13.7. The van der Waals surface area contributed by atoms with Gasteiger partial charge in [-0.05, 0) is 59.0 Å². The van der Waals surface area contributed by atoms with Crippen LogP contribution in [0.1, 0.15) is 22.7 Å². The van der Waals surface area contributed by atoms with Gasteiger partial charge >= 0.3 is 6.18 Å². The molecule has 1 atom stereocenters. The number of hydrogen-bond acceptors (Lipinski definition) is 1. The molecule has 2 rings (SSSR count). The molecule has 0 saturated carbocycles. The van der Waals surface area contributed by atoms with Gasteiger partial charge < -0.3 is 5.32 Å². The first-order valence-corrected chi connectivity index (χ1v) is 7.21. The minimum atomic E-state index is -4.68. The third-order valence-electron chi connectivity index (χ3n) is 3.14. The van der Waals surface area contributed by atoms with Crippen LogP contribution in [-0.4, -0.2) is 7.05 Å². The van der Waals surface area contributed by atoms with Crippen LogP contribution < -0.4 is 5.32 Å². The van der Waals surface area contributed by atoms with Gasteiger partial charge in [-0.25, -0.2) is 4.39 Å². The van der Waals surface area contributed by atoms with Crippen molar-refractivity contribution in [2.45, 2.75) is 12.2 Å². The van der Waals surface area contributed by atoms with E-state index in [4.69, 9.17) is 0 Å². The van der Waals surface area contributed by atoms with E-state index in [0.29, 0.717) is 5.56 Å². The molecule has 0 fully saturated rings. The van der Waals surface area contributed by atoms with E-state index in [-0.39, 0.29) is 6.04 Å². The summed E-state index contributed by atoms with van der Waals surface area (Å²) in [6.07, 6.45) is -4.68. The van der Waals surface area contributed by atoms with Gasteiger partial charge in [0.25, 0.3) is 0 Å². The van der Waals surface area contributed by atoms with Gasteiger partial charge in [0, 0.05) is 3.57 Å². The maximum absolute atomic E-state index is 13.7. The molecule has 2 aromatic rings. The van der Waals surface area contributed by atoms with Gasteiger partial charge in [-0.1, -0.05) is 24.3 Å². The van der Waals surface area contributed by atoms with Gasteiger partial charge in [0.1, 0.15) is 5.82 Å². The minimum absolute atomic E-state index is 0.366. The Balaban J connectivity index is 2.45. The predicted octanol–water partition coefficient (Wildman–Crippen LogP) is 4.76. The largest absolute Gasteiger partial charge is 0.419 e. The SMILES string of the molecule is CNC(c1ccc(C(F)(F)F)c(F)c1)c1ccccc1I. The summed E-state index contributed by atoms with van der Waals surface area (Å²) >= 11 is 2.14. The van der Waals surface area contributed by atoms with E-state index in [1.54, 1.807) is 7.05 Å². The summed E-state index contributed by atoms with van der Waals surface area (Å²) in [6.45, 7) is 0. The molecular formula is C15H12F4IN. The van der Waals surface area contributed by atoms with Gasteiger partial charge in [0.05, 0.1) is 11.6 Å². The van der Waals surface area contributed by atoms with Crippen LogP contribution in [0.3, 0.4) is 0 Å². The van der Waals surface area contributed by atoms with Crippen molar-refractivity contribution in [3.05, 3.63) is 68.5 Å². The average molecular weight is 409 g/mol. The molecule has 21 heavy (non-hydrogen) atoms. The van der Waals surface area contributed by atoms with E-state index in [2.05, 4.69) is 27.9 Å². The molecule has 1 N–H and O–H groups in total. The molecule has 0 aliphatic rings. The van der Waals surface area contributed by atoms with E-state index >= 15 is 0 Å². The third kappa shape index (κ3) is 3.55. The van der Waals surface area contributed by atoms with Crippen molar-refractivity contribution in [1.29, 1.82) is 0 Å². The van der Waals surface area contributed by atoms with Gasteiger partial charge in [0.2, 0.25) is 0 Å². The van der Waals surface area contributed by atoms with Crippen LogP contribution >= 0.6 is 22.6 Å².